The van der Waals surface area contributed by atoms with Gasteiger partial charge in [-0.25, -0.2) is 4.98 Å². The number of aryl methyl sites for hydroxylation is 1. The molecule has 5 heteroatoms. The third-order valence-corrected chi connectivity index (χ3v) is 4.35. The second kappa shape index (κ2) is 5.04. The molecule has 1 amide bonds. The molecule has 1 aromatic rings. The second-order valence-corrected chi connectivity index (χ2v) is 5.53. The number of carbonyl (C=O) groups is 1. The molecule has 0 bridgehead atoms. The molecule has 0 atom stereocenters. The number of nitrogen functional groups attached to an aromatic ring is 1. The molecule has 0 aromatic carbocycles. The Morgan fingerprint density at radius 2 is 2.18 bits per heavy atom. The molecule has 17 heavy (non-hydrogen) atoms. The van der Waals surface area contributed by atoms with Crippen molar-refractivity contribution in [3.63, 3.8) is 0 Å². The average molecular weight is 253 g/mol. The highest BCUT2D eigenvalue weighted by Crippen LogP contribution is 2.27. The molecule has 1 aromatic heterocycles. The number of nitrogens with zero attached hydrogens (tertiary/aromatic N) is 2. The maximum absolute atomic E-state index is 12.4. The van der Waals surface area contributed by atoms with Gasteiger partial charge in [0.05, 0.1) is 5.69 Å². The molecule has 1 aliphatic rings. The van der Waals surface area contributed by atoms with E-state index >= 15 is 0 Å². The van der Waals surface area contributed by atoms with Crippen molar-refractivity contribution >= 4 is 22.4 Å². The monoisotopic (exact) mass is 253 g/mol. The molecule has 0 radical (unpaired) electrons. The summed E-state index contributed by atoms with van der Waals surface area (Å²) in [4.78, 5) is 19.2. The van der Waals surface area contributed by atoms with Crippen LogP contribution in [0.5, 0.6) is 0 Å². The molecule has 0 saturated heterocycles. The molecular formula is C12H19N3OS. The van der Waals surface area contributed by atoms with E-state index in [0.29, 0.717) is 16.1 Å². The first kappa shape index (κ1) is 12.4. The summed E-state index contributed by atoms with van der Waals surface area (Å²) in [6.45, 7) is 4.65. The maximum atomic E-state index is 12.4. The zero-order valence-electron chi connectivity index (χ0n) is 10.4. The number of hydrogen-bond donors (Lipinski definition) is 1. The molecule has 2 rings (SSSR count). The SMILES string of the molecule is CCN(C(=O)c1sc(N)nc1C)C1CCCC1. The summed E-state index contributed by atoms with van der Waals surface area (Å²) in [5, 5.41) is 0.480. The van der Waals surface area contributed by atoms with Crippen molar-refractivity contribution in [3.05, 3.63) is 10.6 Å². The third kappa shape index (κ3) is 2.44. The minimum absolute atomic E-state index is 0.103. The van der Waals surface area contributed by atoms with E-state index in [1.165, 1.54) is 24.2 Å². The van der Waals surface area contributed by atoms with Gasteiger partial charge in [-0.2, -0.15) is 0 Å². The van der Waals surface area contributed by atoms with Crippen LogP contribution in [0.3, 0.4) is 0 Å². The van der Waals surface area contributed by atoms with E-state index in [0.717, 1.165) is 25.1 Å². The fourth-order valence-corrected chi connectivity index (χ4v) is 3.32. The van der Waals surface area contributed by atoms with Crippen molar-refractivity contribution in [2.75, 3.05) is 12.3 Å². The van der Waals surface area contributed by atoms with Gasteiger partial charge in [0, 0.05) is 12.6 Å². The van der Waals surface area contributed by atoms with Crippen LogP contribution in [-0.2, 0) is 0 Å². The number of anilines is 1. The van der Waals surface area contributed by atoms with Crippen LogP contribution < -0.4 is 5.73 Å². The van der Waals surface area contributed by atoms with E-state index in [9.17, 15) is 4.79 Å². The third-order valence-electron chi connectivity index (χ3n) is 3.37. The molecule has 1 fully saturated rings. The molecule has 94 valence electrons. The molecular weight excluding hydrogens is 234 g/mol. The van der Waals surface area contributed by atoms with Gasteiger partial charge >= 0.3 is 0 Å². The van der Waals surface area contributed by atoms with Crippen LogP contribution in [0.2, 0.25) is 0 Å². The highest BCUT2D eigenvalue weighted by molar-refractivity contribution is 7.17. The van der Waals surface area contributed by atoms with E-state index in [1.807, 2.05) is 18.7 Å². The lowest BCUT2D eigenvalue weighted by molar-refractivity contribution is 0.0697. The van der Waals surface area contributed by atoms with E-state index in [2.05, 4.69) is 4.98 Å². The van der Waals surface area contributed by atoms with Gasteiger partial charge in [-0.3, -0.25) is 4.79 Å². The van der Waals surface area contributed by atoms with Crippen LogP contribution in [0.4, 0.5) is 5.13 Å². The second-order valence-electron chi connectivity index (χ2n) is 4.50. The number of carbonyl (C=O) groups excluding carboxylic acids is 1. The standard InChI is InChI=1S/C12H19N3OS/c1-3-15(9-6-4-5-7-9)11(16)10-8(2)14-12(13)17-10/h9H,3-7H2,1-2H3,(H2,13,14). The van der Waals surface area contributed by atoms with E-state index in [1.54, 1.807) is 0 Å². The molecule has 4 nitrogen and oxygen atoms in total. The van der Waals surface area contributed by atoms with Crippen LogP contribution >= 0.6 is 11.3 Å². The summed E-state index contributed by atoms with van der Waals surface area (Å²) in [5.41, 5.74) is 6.41. The summed E-state index contributed by atoms with van der Waals surface area (Å²) in [6.07, 6.45) is 4.73. The van der Waals surface area contributed by atoms with E-state index in [-0.39, 0.29) is 5.91 Å². The summed E-state index contributed by atoms with van der Waals surface area (Å²) >= 11 is 1.30. The predicted molar refractivity (Wildman–Crippen MR) is 70.2 cm³/mol. The first-order valence-corrected chi connectivity index (χ1v) is 6.99. The largest absolute Gasteiger partial charge is 0.375 e. The van der Waals surface area contributed by atoms with Crippen molar-refractivity contribution < 1.29 is 4.79 Å². The smallest absolute Gasteiger partial charge is 0.266 e. The number of aromatic nitrogens is 1. The van der Waals surface area contributed by atoms with Crippen molar-refractivity contribution in [2.45, 2.75) is 45.6 Å². The fourth-order valence-electron chi connectivity index (χ4n) is 2.53. The molecule has 0 spiro atoms. The van der Waals surface area contributed by atoms with E-state index < -0.39 is 0 Å². The van der Waals surface area contributed by atoms with Gasteiger partial charge in [0.2, 0.25) is 0 Å². The van der Waals surface area contributed by atoms with Gasteiger partial charge in [-0.1, -0.05) is 24.2 Å². The normalized spacial score (nSPS) is 16.4. The van der Waals surface area contributed by atoms with Gasteiger partial charge < -0.3 is 10.6 Å². The van der Waals surface area contributed by atoms with Crippen LogP contribution in [0.1, 0.15) is 48.0 Å². The molecule has 1 heterocycles. The molecule has 1 saturated carbocycles. The summed E-state index contributed by atoms with van der Waals surface area (Å²) in [5.74, 6) is 0.103. The van der Waals surface area contributed by atoms with Gasteiger partial charge in [0.1, 0.15) is 4.88 Å². The Balaban J connectivity index is 2.19. The average Bonchev–Trinajstić information content (AvgIpc) is 2.89. The van der Waals surface area contributed by atoms with Gasteiger partial charge in [0.25, 0.3) is 5.91 Å². The first-order valence-electron chi connectivity index (χ1n) is 6.17. The number of amides is 1. The lowest BCUT2D eigenvalue weighted by Crippen LogP contribution is -2.38. The lowest BCUT2D eigenvalue weighted by Gasteiger charge is -2.27. The summed E-state index contributed by atoms with van der Waals surface area (Å²) in [6, 6.07) is 0.412. The first-order chi connectivity index (χ1) is 8.13. The van der Waals surface area contributed by atoms with Crippen LogP contribution in [0.15, 0.2) is 0 Å². The topological polar surface area (TPSA) is 59.2 Å². The van der Waals surface area contributed by atoms with E-state index in [4.69, 9.17) is 5.73 Å². The highest BCUT2D eigenvalue weighted by Gasteiger charge is 2.28. The number of rotatable bonds is 3. The van der Waals surface area contributed by atoms with Crippen LogP contribution in [0.25, 0.3) is 0 Å². The Hall–Kier alpha value is -1.10. The number of nitrogens with two attached hydrogens (primary N) is 1. The molecule has 2 N–H and O–H groups in total. The molecule has 0 aliphatic heterocycles. The van der Waals surface area contributed by atoms with Crippen molar-refractivity contribution in [3.8, 4) is 0 Å². The van der Waals surface area contributed by atoms with Gasteiger partial charge in [-0.05, 0) is 26.7 Å². The fraction of sp³-hybridized carbons (Fsp3) is 0.667. The number of hydrogen-bond acceptors (Lipinski definition) is 4. The Labute approximate surface area is 106 Å². The zero-order chi connectivity index (χ0) is 12.4. The Morgan fingerprint density at radius 1 is 1.53 bits per heavy atom. The molecule has 0 unspecified atom stereocenters. The number of thiazole rings is 1. The predicted octanol–water partition coefficient (Wildman–Crippen LogP) is 2.44. The Kier molecular flexibility index (Phi) is 3.66. The quantitative estimate of drug-likeness (QED) is 0.900. The maximum Gasteiger partial charge on any atom is 0.266 e. The van der Waals surface area contributed by atoms with Crippen molar-refractivity contribution in [1.82, 2.24) is 9.88 Å². The van der Waals surface area contributed by atoms with Gasteiger partial charge in [0.15, 0.2) is 5.13 Å². The zero-order valence-corrected chi connectivity index (χ0v) is 11.2. The summed E-state index contributed by atoms with van der Waals surface area (Å²) in [7, 11) is 0. The van der Waals surface area contributed by atoms with Gasteiger partial charge in [-0.15, -0.1) is 0 Å². The van der Waals surface area contributed by atoms with Crippen molar-refractivity contribution in [1.29, 1.82) is 0 Å². The van der Waals surface area contributed by atoms with Crippen LogP contribution in [-0.4, -0.2) is 28.4 Å². The minimum Gasteiger partial charge on any atom is -0.375 e. The van der Waals surface area contributed by atoms with Crippen LogP contribution in [0, 0.1) is 6.92 Å². The molecule has 1 aliphatic carbocycles. The summed E-state index contributed by atoms with van der Waals surface area (Å²) < 4.78 is 0. The Morgan fingerprint density at radius 3 is 2.65 bits per heavy atom. The minimum atomic E-state index is 0.103. The van der Waals surface area contributed by atoms with Crippen molar-refractivity contribution in [2.24, 2.45) is 0 Å². The lowest BCUT2D eigenvalue weighted by atomic mass is 10.2. The highest BCUT2D eigenvalue weighted by atomic mass is 32.1. The Bertz CT molecular complexity index is 410.